The molecule has 1 amide bonds. The first kappa shape index (κ1) is 19.1. The highest BCUT2D eigenvalue weighted by atomic mass is 16.1. The smallest absolute Gasteiger partial charge is 0.222 e. The van der Waals surface area contributed by atoms with E-state index in [4.69, 9.17) is 0 Å². The van der Waals surface area contributed by atoms with Crippen LogP contribution in [0.25, 0.3) is 0 Å². The summed E-state index contributed by atoms with van der Waals surface area (Å²) in [6, 6.07) is 0.423. The lowest BCUT2D eigenvalue weighted by atomic mass is 9.97. The molecule has 2 heterocycles. The van der Waals surface area contributed by atoms with E-state index < -0.39 is 0 Å². The van der Waals surface area contributed by atoms with E-state index in [1.807, 2.05) is 13.8 Å². The molecule has 144 valence electrons. The summed E-state index contributed by atoms with van der Waals surface area (Å²) >= 11 is 0. The van der Waals surface area contributed by atoms with E-state index >= 15 is 0 Å². The standard InChI is InChI=1S/C20H38N4O/c1-4-22-10-12-23(13-11-22)8-5-9-24-14-17-6-7-19(18(17)15-24)21-20(25)16(2)3/h16-19H,4-15H2,1-3H3,(H,21,25). The monoisotopic (exact) mass is 350 g/mol. The first-order valence-electron chi connectivity index (χ1n) is 10.5. The maximum atomic E-state index is 12.0. The van der Waals surface area contributed by atoms with E-state index in [1.165, 1.54) is 78.2 Å². The van der Waals surface area contributed by atoms with Crippen molar-refractivity contribution >= 4 is 5.91 Å². The highest BCUT2D eigenvalue weighted by Crippen LogP contribution is 2.38. The third-order valence-corrected chi connectivity index (χ3v) is 6.65. The predicted molar refractivity (Wildman–Crippen MR) is 103 cm³/mol. The van der Waals surface area contributed by atoms with Gasteiger partial charge in [0, 0.05) is 51.2 Å². The van der Waals surface area contributed by atoms with Gasteiger partial charge in [-0.3, -0.25) is 4.79 Å². The quantitative estimate of drug-likeness (QED) is 0.755. The van der Waals surface area contributed by atoms with E-state index in [-0.39, 0.29) is 11.8 Å². The highest BCUT2D eigenvalue weighted by molar-refractivity contribution is 5.78. The van der Waals surface area contributed by atoms with Gasteiger partial charge in [-0.2, -0.15) is 0 Å². The Bertz CT molecular complexity index is 433. The third-order valence-electron chi connectivity index (χ3n) is 6.65. The van der Waals surface area contributed by atoms with Crippen molar-refractivity contribution < 1.29 is 4.79 Å². The molecular weight excluding hydrogens is 312 g/mol. The zero-order valence-corrected chi connectivity index (χ0v) is 16.5. The average Bonchev–Trinajstić information content (AvgIpc) is 3.17. The number of carbonyl (C=O) groups excluding carboxylic acids is 1. The molecule has 0 aromatic rings. The molecule has 0 spiro atoms. The van der Waals surface area contributed by atoms with Crippen molar-refractivity contribution in [2.75, 3.05) is 58.9 Å². The summed E-state index contributed by atoms with van der Waals surface area (Å²) in [5, 5.41) is 3.31. The molecule has 3 aliphatic rings. The second-order valence-corrected chi connectivity index (χ2v) is 8.66. The average molecular weight is 351 g/mol. The maximum absolute atomic E-state index is 12.0. The van der Waals surface area contributed by atoms with Crippen LogP contribution >= 0.6 is 0 Å². The zero-order chi connectivity index (χ0) is 17.8. The number of nitrogens with zero attached hydrogens (tertiary/aromatic N) is 3. The number of hydrogen-bond donors (Lipinski definition) is 1. The van der Waals surface area contributed by atoms with Gasteiger partial charge < -0.3 is 20.0 Å². The Balaban J connectivity index is 1.35. The van der Waals surface area contributed by atoms with Crippen LogP contribution in [0.3, 0.4) is 0 Å². The van der Waals surface area contributed by atoms with Crippen molar-refractivity contribution in [3.8, 4) is 0 Å². The number of likely N-dealkylation sites (tertiary alicyclic amines) is 1. The predicted octanol–water partition coefficient (Wildman–Crippen LogP) is 1.50. The van der Waals surface area contributed by atoms with Crippen molar-refractivity contribution in [3.63, 3.8) is 0 Å². The minimum atomic E-state index is 0.102. The van der Waals surface area contributed by atoms with Crippen molar-refractivity contribution in [2.24, 2.45) is 17.8 Å². The fourth-order valence-electron chi connectivity index (χ4n) is 4.92. The van der Waals surface area contributed by atoms with Gasteiger partial charge in [-0.1, -0.05) is 20.8 Å². The van der Waals surface area contributed by atoms with Crippen LogP contribution in [0.2, 0.25) is 0 Å². The summed E-state index contributed by atoms with van der Waals surface area (Å²) in [7, 11) is 0. The maximum Gasteiger partial charge on any atom is 0.222 e. The summed E-state index contributed by atoms with van der Waals surface area (Å²) in [4.78, 5) is 19.9. The minimum Gasteiger partial charge on any atom is -0.353 e. The first-order valence-corrected chi connectivity index (χ1v) is 10.5. The topological polar surface area (TPSA) is 38.8 Å². The zero-order valence-electron chi connectivity index (χ0n) is 16.5. The van der Waals surface area contributed by atoms with Gasteiger partial charge in [-0.25, -0.2) is 0 Å². The number of nitrogens with one attached hydrogen (secondary N) is 1. The lowest BCUT2D eigenvalue weighted by Crippen LogP contribution is -2.46. The van der Waals surface area contributed by atoms with Crippen LogP contribution in [0.1, 0.15) is 40.0 Å². The SMILES string of the molecule is CCN1CCN(CCCN2CC3CCC(NC(=O)C(C)C)C3C2)CC1. The summed E-state index contributed by atoms with van der Waals surface area (Å²) in [5.41, 5.74) is 0. The molecule has 0 radical (unpaired) electrons. The summed E-state index contributed by atoms with van der Waals surface area (Å²) < 4.78 is 0. The van der Waals surface area contributed by atoms with Crippen LogP contribution in [-0.4, -0.2) is 85.6 Å². The summed E-state index contributed by atoms with van der Waals surface area (Å²) in [5.74, 6) is 1.83. The van der Waals surface area contributed by atoms with E-state index in [9.17, 15) is 4.79 Å². The Labute approximate surface area is 154 Å². The lowest BCUT2D eigenvalue weighted by Gasteiger charge is -2.34. The Morgan fingerprint density at radius 2 is 1.68 bits per heavy atom. The van der Waals surface area contributed by atoms with Crippen LogP contribution in [0.5, 0.6) is 0 Å². The van der Waals surface area contributed by atoms with Crippen LogP contribution in [0.15, 0.2) is 0 Å². The first-order chi connectivity index (χ1) is 12.1. The van der Waals surface area contributed by atoms with Crippen molar-refractivity contribution in [3.05, 3.63) is 0 Å². The van der Waals surface area contributed by atoms with E-state index in [0.717, 1.165) is 5.92 Å². The molecule has 0 bridgehead atoms. The van der Waals surface area contributed by atoms with Crippen molar-refractivity contribution in [1.82, 2.24) is 20.0 Å². The number of rotatable bonds is 7. The van der Waals surface area contributed by atoms with E-state index in [2.05, 4.69) is 26.9 Å². The molecular formula is C20H38N4O. The minimum absolute atomic E-state index is 0.102. The van der Waals surface area contributed by atoms with Crippen molar-refractivity contribution in [1.29, 1.82) is 0 Å². The number of likely N-dealkylation sites (N-methyl/N-ethyl adjacent to an activating group) is 1. The van der Waals surface area contributed by atoms with Gasteiger partial charge in [0.25, 0.3) is 0 Å². The van der Waals surface area contributed by atoms with Gasteiger partial charge in [0.2, 0.25) is 5.91 Å². The van der Waals surface area contributed by atoms with Crippen LogP contribution in [0, 0.1) is 17.8 Å². The Morgan fingerprint density at radius 1 is 1.00 bits per heavy atom. The molecule has 1 aliphatic carbocycles. The molecule has 1 N–H and O–H groups in total. The molecule has 0 aromatic carbocycles. The Morgan fingerprint density at radius 3 is 2.36 bits per heavy atom. The lowest BCUT2D eigenvalue weighted by molar-refractivity contribution is -0.124. The van der Waals surface area contributed by atoms with Gasteiger partial charge in [0.15, 0.2) is 0 Å². The number of piperazine rings is 1. The second-order valence-electron chi connectivity index (χ2n) is 8.66. The van der Waals surface area contributed by atoms with Crippen molar-refractivity contribution in [2.45, 2.75) is 46.1 Å². The number of carbonyl (C=O) groups is 1. The normalized spacial score (nSPS) is 31.6. The van der Waals surface area contributed by atoms with Crippen LogP contribution in [0.4, 0.5) is 0 Å². The third kappa shape index (κ3) is 4.95. The molecule has 2 saturated heterocycles. The van der Waals surface area contributed by atoms with Gasteiger partial charge in [-0.15, -0.1) is 0 Å². The molecule has 3 unspecified atom stereocenters. The van der Waals surface area contributed by atoms with Gasteiger partial charge in [-0.05, 0) is 50.7 Å². The number of hydrogen-bond acceptors (Lipinski definition) is 4. The molecule has 5 heteroatoms. The van der Waals surface area contributed by atoms with Gasteiger partial charge in [0.1, 0.15) is 0 Å². The number of fused-ring (bicyclic) bond motifs is 1. The molecule has 3 atom stereocenters. The second kappa shape index (κ2) is 8.83. The Kier molecular flexibility index (Phi) is 6.75. The largest absolute Gasteiger partial charge is 0.353 e. The van der Waals surface area contributed by atoms with Gasteiger partial charge in [0.05, 0.1) is 0 Å². The van der Waals surface area contributed by atoms with Crippen LogP contribution < -0.4 is 5.32 Å². The fraction of sp³-hybridized carbons (Fsp3) is 0.950. The molecule has 3 fully saturated rings. The fourth-order valence-corrected chi connectivity index (χ4v) is 4.92. The highest BCUT2D eigenvalue weighted by Gasteiger charge is 2.42. The van der Waals surface area contributed by atoms with E-state index in [1.54, 1.807) is 0 Å². The summed E-state index contributed by atoms with van der Waals surface area (Å²) in [6.07, 6.45) is 3.76. The molecule has 3 rings (SSSR count). The van der Waals surface area contributed by atoms with Crippen LogP contribution in [-0.2, 0) is 4.79 Å². The Hall–Kier alpha value is -0.650. The summed E-state index contributed by atoms with van der Waals surface area (Å²) in [6.45, 7) is 17.3. The number of amides is 1. The molecule has 0 aromatic heterocycles. The molecule has 2 aliphatic heterocycles. The van der Waals surface area contributed by atoms with Gasteiger partial charge >= 0.3 is 0 Å². The van der Waals surface area contributed by atoms with E-state index in [0.29, 0.717) is 12.0 Å². The molecule has 1 saturated carbocycles. The molecule has 25 heavy (non-hydrogen) atoms. The molecule has 5 nitrogen and oxygen atoms in total.